The lowest BCUT2D eigenvalue weighted by molar-refractivity contribution is -0.133. The third kappa shape index (κ3) is 6.10. The molecule has 1 aliphatic rings. The van der Waals surface area contributed by atoms with Gasteiger partial charge in [0.15, 0.2) is 0 Å². The molecule has 9 heteroatoms. The molecule has 0 aliphatic heterocycles. The van der Waals surface area contributed by atoms with E-state index in [2.05, 4.69) is 10.6 Å². The van der Waals surface area contributed by atoms with Crippen LogP contribution in [0.5, 0.6) is 0 Å². The largest absolute Gasteiger partial charge is 0.399 e. The molecule has 36 heavy (non-hydrogen) atoms. The third-order valence-electron chi connectivity index (χ3n) is 6.56. The number of hydrogen-bond donors (Lipinski definition) is 4. The third-order valence-corrected chi connectivity index (χ3v) is 7.53. The number of nitrogen functional groups attached to an aromatic ring is 1. The molecule has 0 heterocycles. The number of carbonyl (C=O) groups excluding carboxylic acids is 2. The van der Waals surface area contributed by atoms with Gasteiger partial charge in [-0.1, -0.05) is 61.0 Å². The quantitative estimate of drug-likeness (QED) is 0.347. The second kappa shape index (κ2) is 10.9. The molecule has 2 atom stereocenters. The van der Waals surface area contributed by atoms with Crippen molar-refractivity contribution in [1.82, 2.24) is 10.6 Å². The molecular weight excluding hydrogens is 476 g/mol. The fraction of sp³-hybridized carbons (Fsp3) is 0.259. The van der Waals surface area contributed by atoms with Crippen LogP contribution in [0.1, 0.15) is 30.4 Å². The van der Waals surface area contributed by atoms with Gasteiger partial charge in [0, 0.05) is 36.2 Å². The number of nitrogens with two attached hydrogens (primary N) is 2. The molecule has 6 N–H and O–H groups in total. The van der Waals surface area contributed by atoms with Gasteiger partial charge in [0.25, 0.3) is 0 Å². The molecule has 8 nitrogen and oxygen atoms in total. The number of hydrogen-bond acceptors (Lipinski definition) is 5. The van der Waals surface area contributed by atoms with Gasteiger partial charge in [0.05, 0.1) is 4.90 Å². The van der Waals surface area contributed by atoms with Crippen LogP contribution in [0.3, 0.4) is 0 Å². The molecule has 3 aromatic rings. The molecule has 4 rings (SSSR count). The van der Waals surface area contributed by atoms with Gasteiger partial charge in [0.1, 0.15) is 0 Å². The summed E-state index contributed by atoms with van der Waals surface area (Å²) in [5.74, 6) is -0.959. The van der Waals surface area contributed by atoms with Crippen molar-refractivity contribution in [3.05, 3.63) is 83.9 Å². The Balaban J connectivity index is 1.34. The fourth-order valence-corrected chi connectivity index (χ4v) is 5.38. The highest BCUT2D eigenvalue weighted by Crippen LogP contribution is 2.32. The molecule has 0 bridgehead atoms. The van der Waals surface area contributed by atoms with Crippen molar-refractivity contribution in [3.8, 4) is 11.1 Å². The molecule has 1 saturated carbocycles. The Labute approximate surface area is 211 Å². The van der Waals surface area contributed by atoms with Gasteiger partial charge >= 0.3 is 0 Å². The average Bonchev–Trinajstić information content (AvgIpc) is 3.37. The smallest absolute Gasteiger partial charge is 0.238 e. The molecule has 1 unspecified atom stereocenters. The predicted octanol–water partition coefficient (Wildman–Crippen LogP) is 2.93. The standard InChI is InChI=1S/C27H30N4O4S/c28-21-14-10-19(11-15-21)17-31-27(33)24-6-3-5-23(24)26(32)30-16-18-8-12-20(13-9-18)22-4-1-2-7-25(22)36(29,34)35/h1-2,4,7-15,23-24H,3,5-6,16-17,28H2,(H,30,32)(H,31,33)(H2,29,34,35)/t23?,24-/m1/s1. The molecule has 0 aromatic heterocycles. The Morgan fingerprint density at radius 2 is 1.28 bits per heavy atom. The maximum atomic E-state index is 12.9. The van der Waals surface area contributed by atoms with Crippen LogP contribution >= 0.6 is 0 Å². The summed E-state index contributed by atoms with van der Waals surface area (Å²) in [5, 5.41) is 11.2. The maximum Gasteiger partial charge on any atom is 0.238 e. The van der Waals surface area contributed by atoms with Crippen molar-refractivity contribution >= 4 is 27.5 Å². The fourth-order valence-electron chi connectivity index (χ4n) is 4.62. The number of amides is 2. The zero-order valence-electron chi connectivity index (χ0n) is 19.8. The number of primary sulfonamides is 1. The molecule has 188 valence electrons. The van der Waals surface area contributed by atoms with E-state index in [1.165, 1.54) is 6.07 Å². The van der Waals surface area contributed by atoms with E-state index >= 15 is 0 Å². The summed E-state index contributed by atoms with van der Waals surface area (Å²) < 4.78 is 23.8. The lowest BCUT2D eigenvalue weighted by Crippen LogP contribution is -2.39. The van der Waals surface area contributed by atoms with Crippen molar-refractivity contribution in [2.75, 3.05) is 5.73 Å². The molecule has 0 radical (unpaired) electrons. The van der Waals surface area contributed by atoms with Gasteiger partial charge in [-0.3, -0.25) is 9.59 Å². The van der Waals surface area contributed by atoms with E-state index in [9.17, 15) is 18.0 Å². The summed E-state index contributed by atoms with van der Waals surface area (Å²) in [6.07, 6.45) is 2.19. The number of carbonyl (C=O) groups is 2. The summed E-state index contributed by atoms with van der Waals surface area (Å²) in [4.78, 5) is 25.7. The lowest BCUT2D eigenvalue weighted by atomic mass is 9.94. The van der Waals surface area contributed by atoms with E-state index in [0.717, 1.165) is 17.5 Å². The zero-order chi connectivity index (χ0) is 25.7. The number of anilines is 1. The molecular formula is C27H30N4O4S. The Kier molecular flexibility index (Phi) is 7.71. The number of sulfonamides is 1. The van der Waals surface area contributed by atoms with Crippen LogP contribution in [0.15, 0.2) is 77.7 Å². The molecule has 1 aliphatic carbocycles. The lowest BCUT2D eigenvalue weighted by Gasteiger charge is -2.19. The Bertz CT molecular complexity index is 1340. The van der Waals surface area contributed by atoms with E-state index in [0.29, 0.717) is 42.7 Å². The SMILES string of the molecule is Nc1ccc(CNC(=O)[C@@H]2CCCC2C(=O)NCc2ccc(-c3ccccc3S(N)(=O)=O)cc2)cc1. The predicted molar refractivity (Wildman–Crippen MR) is 139 cm³/mol. The van der Waals surface area contributed by atoms with Crippen molar-refractivity contribution < 1.29 is 18.0 Å². The van der Waals surface area contributed by atoms with Crippen LogP contribution in [-0.4, -0.2) is 20.2 Å². The first-order chi connectivity index (χ1) is 17.2. The van der Waals surface area contributed by atoms with Gasteiger partial charge in [0.2, 0.25) is 21.8 Å². The van der Waals surface area contributed by atoms with Gasteiger partial charge in [-0.2, -0.15) is 0 Å². The summed E-state index contributed by atoms with van der Waals surface area (Å²) in [7, 11) is -3.85. The van der Waals surface area contributed by atoms with Gasteiger partial charge in [-0.15, -0.1) is 0 Å². The Morgan fingerprint density at radius 1 is 0.778 bits per heavy atom. The first kappa shape index (κ1) is 25.4. The van der Waals surface area contributed by atoms with Gasteiger partial charge < -0.3 is 16.4 Å². The number of benzene rings is 3. The van der Waals surface area contributed by atoms with E-state index in [-0.39, 0.29) is 28.5 Å². The highest BCUT2D eigenvalue weighted by molar-refractivity contribution is 7.89. The molecule has 0 spiro atoms. The van der Waals surface area contributed by atoms with E-state index in [1.807, 2.05) is 24.3 Å². The van der Waals surface area contributed by atoms with Crippen LogP contribution in [0.2, 0.25) is 0 Å². The topological polar surface area (TPSA) is 144 Å². The van der Waals surface area contributed by atoms with Crippen molar-refractivity contribution in [1.29, 1.82) is 0 Å². The second-order valence-corrected chi connectivity index (χ2v) is 10.6. The minimum Gasteiger partial charge on any atom is -0.399 e. The normalized spacial score (nSPS) is 17.5. The van der Waals surface area contributed by atoms with Crippen molar-refractivity contribution in [3.63, 3.8) is 0 Å². The first-order valence-corrected chi connectivity index (χ1v) is 13.4. The number of nitrogens with one attached hydrogen (secondary N) is 2. The second-order valence-electron chi connectivity index (χ2n) is 9.06. The Morgan fingerprint density at radius 3 is 1.81 bits per heavy atom. The minimum absolute atomic E-state index is 0.0630. The highest BCUT2D eigenvalue weighted by atomic mass is 32.2. The van der Waals surface area contributed by atoms with E-state index in [4.69, 9.17) is 10.9 Å². The van der Waals surface area contributed by atoms with Crippen LogP contribution in [0.25, 0.3) is 11.1 Å². The number of rotatable bonds is 8. The summed E-state index contributed by atoms with van der Waals surface area (Å²) in [5.41, 5.74) is 9.42. The summed E-state index contributed by atoms with van der Waals surface area (Å²) in [6, 6.07) is 21.1. The van der Waals surface area contributed by atoms with Crippen LogP contribution < -0.4 is 21.5 Å². The molecule has 0 saturated heterocycles. The molecule has 1 fully saturated rings. The maximum absolute atomic E-state index is 12.9. The minimum atomic E-state index is -3.85. The van der Waals surface area contributed by atoms with E-state index in [1.54, 1.807) is 42.5 Å². The monoisotopic (exact) mass is 506 g/mol. The van der Waals surface area contributed by atoms with Gasteiger partial charge in [-0.25, -0.2) is 13.6 Å². The van der Waals surface area contributed by atoms with Crippen LogP contribution in [0, 0.1) is 11.8 Å². The van der Waals surface area contributed by atoms with E-state index < -0.39 is 10.0 Å². The van der Waals surface area contributed by atoms with Crippen molar-refractivity contribution in [2.24, 2.45) is 17.0 Å². The van der Waals surface area contributed by atoms with Crippen molar-refractivity contribution in [2.45, 2.75) is 37.2 Å². The zero-order valence-corrected chi connectivity index (χ0v) is 20.6. The summed E-state index contributed by atoms with van der Waals surface area (Å²) >= 11 is 0. The molecule has 3 aromatic carbocycles. The van der Waals surface area contributed by atoms with Crippen LogP contribution in [0.4, 0.5) is 5.69 Å². The highest BCUT2D eigenvalue weighted by Gasteiger charge is 2.37. The Hall–Kier alpha value is -3.69. The van der Waals surface area contributed by atoms with Gasteiger partial charge in [-0.05, 0) is 47.7 Å². The first-order valence-electron chi connectivity index (χ1n) is 11.8. The average molecular weight is 507 g/mol. The molecule has 2 amide bonds. The summed E-state index contributed by atoms with van der Waals surface area (Å²) in [6.45, 7) is 0.705. The van der Waals surface area contributed by atoms with Crippen LogP contribution in [-0.2, 0) is 32.7 Å².